The second-order valence-corrected chi connectivity index (χ2v) is 10.1. The van der Waals surface area contributed by atoms with E-state index in [9.17, 15) is 0 Å². The number of benzene rings is 2. The van der Waals surface area contributed by atoms with Gasteiger partial charge in [-0.25, -0.2) is 4.68 Å². The first-order valence-corrected chi connectivity index (χ1v) is 11.7. The molecule has 1 aromatic heterocycles. The minimum absolute atomic E-state index is 0.139. The quantitative estimate of drug-likeness (QED) is 0.573. The van der Waals surface area contributed by atoms with Crippen LogP contribution in [0.15, 0.2) is 60.7 Å². The van der Waals surface area contributed by atoms with Crippen molar-refractivity contribution in [1.82, 2.24) is 30.0 Å². The van der Waals surface area contributed by atoms with Gasteiger partial charge in [-0.1, -0.05) is 74.5 Å². The first kappa shape index (κ1) is 22.6. The lowest BCUT2D eigenvalue weighted by atomic mass is 9.95. The SMILES string of the molecule is CC(C)C(c1nnnn1C(C)(C)C)N1CCN(C(c2ccccc2)c2ccccc2)CC1. The minimum atomic E-state index is -0.139. The number of rotatable bonds is 6. The molecule has 1 unspecified atom stereocenters. The molecule has 6 heteroatoms. The molecule has 0 radical (unpaired) electrons. The van der Waals surface area contributed by atoms with Gasteiger partial charge in [0.25, 0.3) is 0 Å². The molecule has 6 nitrogen and oxygen atoms in total. The molecule has 1 fully saturated rings. The maximum absolute atomic E-state index is 4.48. The zero-order valence-corrected chi connectivity index (χ0v) is 20.0. The highest BCUT2D eigenvalue weighted by Crippen LogP contribution is 2.33. The molecule has 1 aliphatic heterocycles. The van der Waals surface area contributed by atoms with Gasteiger partial charge in [0.15, 0.2) is 5.82 Å². The molecule has 0 aliphatic carbocycles. The van der Waals surface area contributed by atoms with Crippen molar-refractivity contribution in [3.05, 3.63) is 77.6 Å². The Bertz CT molecular complexity index is 929. The molecule has 1 atom stereocenters. The Morgan fingerprint density at radius 3 is 1.72 bits per heavy atom. The van der Waals surface area contributed by atoms with E-state index in [-0.39, 0.29) is 17.6 Å². The van der Waals surface area contributed by atoms with Gasteiger partial charge in [-0.3, -0.25) is 9.80 Å². The molecule has 0 spiro atoms. The standard InChI is InChI=1S/C26H36N6/c1-20(2)23(25-27-28-29-32(25)26(3,4)5)30-16-18-31(19-17-30)24(21-12-8-6-9-13-21)22-14-10-7-11-15-22/h6-15,20,23-24H,16-19H2,1-5H3. The average molecular weight is 433 g/mol. The van der Waals surface area contributed by atoms with E-state index in [1.807, 2.05) is 4.68 Å². The van der Waals surface area contributed by atoms with Crippen LogP contribution in [0.5, 0.6) is 0 Å². The van der Waals surface area contributed by atoms with Gasteiger partial charge in [0.05, 0.1) is 17.6 Å². The van der Waals surface area contributed by atoms with E-state index >= 15 is 0 Å². The van der Waals surface area contributed by atoms with Crippen molar-refractivity contribution in [2.45, 2.75) is 52.2 Å². The smallest absolute Gasteiger partial charge is 0.169 e. The molecule has 4 rings (SSSR count). The summed E-state index contributed by atoms with van der Waals surface area (Å²) in [5.41, 5.74) is 2.56. The van der Waals surface area contributed by atoms with E-state index in [1.54, 1.807) is 0 Å². The maximum atomic E-state index is 4.48. The zero-order valence-electron chi connectivity index (χ0n) is 20.0. The summed E-state index contributed by atoms with van der Waals surface area (Å²) in [6, 6.07) is 22.2. The summed E-state index contributed by atoms with van der Waals surface area (Å²) in [7, 11) is 0. The molecule has 2 aromatic carbocycles. The van der Waals surface area contributed by atoms with E-state index in [4.69, 9.17) is 0 Å². The Kier molecular flexibility index (Phi) is 6.72. The van der Waals surface area contributed by atoms with Crippen molar-refractivity contribution in [2.24, 2.45) is 5.92 Å². The third-order valence-electron chi connectivity index (χ3n) is 6.36. The molecule has 1 saturated heterocycles. The fourth-order valence-electron chi connectivity index (χ4n) is 4.90. The molecule has 0 N–H and O–H groups in total. The molecule has 170 valence electrons. The maximum Gasteiger partial charge on any atom is 0.169 e. The molecule has 0 amide bonds. The van der Waals surface area contributed by atoms with Gasteiger partial charge in [-0.15, -0.1) is 5.10 Å². The Labute approximate surface area is 192 Å². The second-order valence-electron chi connectivity index (χ2n) is 10.1. The summed E-state index contributed by atoms with van der Waals surface area (Å²) < 4.78 is 2.00. The van der Waals surface area contributed by atoms with E-state index in [2.05, 4.69) is 121 Å². The predicted molar refractivity (Wildman–Crippen MR) is 128 cm³/mol. The van der Waals surface area contributed by atoms with Gasteiger partial charge < -0.3 is 0 Å². The van der Waals surface area contributed by atoms with Crippen molar-refractivity contribution in [2.75, 3.05) is 26.2 Å². The molecular weight excluding hydrogens is 396 g/mol. The monoisotopic (exact) mass is 432 g/mol. The number of tetrazole rings is 1. The van der Waals surface area contributed by atoms with Crippen molar-refractivity contribution in [3.63, 3.8) is 0 Å². The number of aromatic nitrogens is 4. The Balaban J connectivity index is 1.56. The van der Waals surface area contributed by atoms with E-state index in [1.165, 1.54) is 11.1 Å². The number of hydrogen-bond donors (Lipinski definition) is 0. The van der Waals surface area contributed by atoms with Crippen molar-refractivity contribution in [1.29, 1.82) is 0 Å². The zero-order chi connectivity index (χ0) is 22.7. The van der Waals surface area contributed by atoms with Crippen LogP contribution in [0.3, 0.4) is 0 Å². The average Bonchev–Trinajstić information content (AvgIpc) is 3.26. The van der Waals surface area contributed by atoms with Gasteiger partial charge >= 0.3 is 0 Å². The minimum Gasteiger partial charge on any atom is -0.291 e. The van der Waals surface area contributed by atoms with Crippen LogP contribution in [-0.4, -0.2) is 56.2 Å². The molecule has 0 saturated carbocycles. The Hall–Kier alpha value is -2.57. The largest absolute Gasteiger partial charge is 0.291 e. The van der Waals surface area contributed by atoms with Crippen LogP contribution in [0.25, 0.3) is 0 Å². The predicted octanol–water partition coefficient (Wildman–Crippen LogP) is 4.53. The summed E-state index contributed by atoms with van der Waals surface area (Å²) in [6.07, 6.45) is 0. The highest BCUT2D eigenvalue weighted by atomic mass is 15.6. The molecular formula is C26H36N6. The van der Waals surface area contributed by atoms with E-state index in [0.29, 0.717) is 5.92 Å². The highest BCUT2D eigenvalue weighted by Gasteiger charge is 2.35. The Morgan fingerprint density at radius 1 is 0.750 bits per heavy atom. The first-order chi connectivity index (χ1) is 15.4. The van der Waals surface area contributed by atoms with Crippen LogP contribution in [0.1, 0.15) is 63.7 Å². The molecule has 1 aliphatic rings. The third-order valence-corrected chi connectivity index (χ3v) is 6.36. The van der Waals surface area contributed by atoms with Crippen molar-refractivity contribution in [3.8, 4) is 0 Å². The summed E-state index contributed by atoms with van der Waals surface area (Å²) in [4.78, 5) is 5.19. The first-order valence-electron chi connectivity index (χ1n) is 11.7. The van der Waals surface area contributed by atoms with Crippen LogP contribution in [-0.2, 0) is 5.54 Å². The Morgan fingerprint density at radius 2 is 1.25 bits per heavy atom. The summed E-state index contributed by atoms with van der Waals surface area (Å²) in [6.45, 7) is 15.0. The van der Waals surface area contributed by atoms with Gasteiger partial charge in [0, 0.05) is 26.2 Å². The van der Waals surface area contributed by atoms with Crippen LogP contribution in [0.2, 0.25) is 0 Å². The fraction of sp³-hybridized carbons (Fsp3) is 0.500. The normalized spacial score (nSPS) is 17.2. The van der Waals surface area contributed by atoms with Gasteiger partial charge in [0.2, 0.25) is 0 Å². The number of nitrogens with zero attached hydrogens (tertiary/aromatic N) is 6. The molecule has 32 heavy (non-hydrogen) atoms. The lowest BCUT2D eigenvalue weighted by Crippen LogP contribution is -2.50. The lowest BCUT2D eigenvalue weighted by molar-refractivity contribution is 0.0542. The van der Waals surface area contributed by atoms with E-state index in [0.717, 1.165) is 32.0 Å². The van der Waals surface area contributed by atoms with E-state index < -0.39 is 0 Å². The van der Waals surface area contributed by atoms with Crippen molar-refractivity contribution >= 4 is 0 Å². The fourth-order valence-corrected chi connectivity index (χ4v) is 4.90. The second kappa shape index (κ2) is 9.51. The summed E-state index contributed by atoms with van der Waals surface area (Å²) >= 11 is 0. The lowest BCUT2D eigenvalue weighted by Gasteiger charge is -2.43. The van der Waals surface area contributed by atoms with Gasteiger partial charge in [0.1, 0.15) is 0 Å². The van der Waals surface area contributed by atoms with Gasteiger partial charge in [-0.05, 0) is 48.2 Å². The number of piperazine rings is 1. The van der Waals surface area contributed by atoms with Crippen LogP contribution in [0, 0.1) is 5.92 Å². The molecule has 3 aromatic rings. The molecule has 0 bridgehead atoms. The third kappa shape index (κ3) is 4.76. The topological polar surface area (TPSA) is 50.1 Å². The van der Waals surface area contributed by atoms with Crippen LogP contribution in [0.4, 0.5) is 0 Å². The molecule has 2 heterocycles. The summed E-state index contributed by atoms with van der Waals surface area (Å²) in [5, 5.41) is 12.8. The van der Waals surface area contributed by atoms with Crippen LogP contribution < -0.4 is 0 Å². The summed E-state index contributed by atoms with van der Waals surface area (Å²) in [5.74, 6) is 1.40. The van der Waals surface area contributed by atoms with Crippen molar-refractivity contribution < 1.29 is 0 Å². The highest BCUT2D eigenvalue weighted by molar-refractivity contribution is 5.32. The number of hydrogen-bond acceptors (Lipinski definition) is 5. The van der Waals surface area contributed by atoms with Crippen LogP contribution >= 0.6 is 0 Å². The van der Waals surface area contributed by atoms with Gasteiger partial charge in [-0.2, -0.15) is 0 Å².